The maximum Gasteiger partial charge on any atom is 0.201 e. The standard InChI is InChI=1S/C14H16BrN3/c15-10-3-4-12-11(7-10)17-14(16)18(12)13-6-8-1-2-9(13)5-8/h3-4,7-9,13H,1-2,5-6H2,(H2,16,17). The van der Waals surface area contributed by atoms with Crippen LogP contribution in [0.15, 0.2) is 22.7 Å². The summed E-state index contributed by atoms with van der Waals surface area (Å²) in [6.45, 7) is 0. The van der Waals surface area contributed by atoms with Crippen molar-refractivity contribution in [2.24, 2.45) is 11.8 Å². The van der Waals surface area contributed by atoms with Gasteiger partial charge in [0.2, 0.25) is 5.95 Å². The SMILES string of the molecule is Nc1nc2cc(Br)ccc2n1C1CC2CCC1C2. The maximum absolute atomic E-state index is 6.15. The molecule has 4 rings (SSSR count). The predicted octanol–water partition coefficient (Wildman–Crippen LogP) is 3.74. The molecule has 1 aromatic heterocycles. The van der Waals surface area contributed by atoms with Gasteiger partial charge in [0.15, 0.2) is 0 Å². The lowest BCUT2D eigenvalue weighted by Crippen LogP contribution is -2.17. The van der Waals surface area contributed by atoms with E-state index in [2.05, 4.69) is 43.7 Å². The summed E-state index contributed by atoms with van der Waals surface area (Å²) in [5.41, 5.74) is 8.34. The van der Waals surface area contributed by atoms with E-state index in [9.17, 15) is 0 Å². The Labute approximate surface area is 115 Å². The molecule has 18 heavy (non-hydrogen) atoms. The average molecular weight is 306 g/mol. The number of imidazole rings is 1. The highest BCUT2D eigenvalue weighted by Crippen LogP contribution is 2.52. The van der Waals surface area contributed by atoms with Crippen molar-refractivity contribution in [3.63, 3.8) is 0 Å². The molecule has 3 atom stereocenters. The minimum absolute atomic E-state index is 0.579. The van der Waals surface area contributed by atoms with Crippen molar-refractivity contribution in [3.05, 3.63) is 22.7 Å². The second-order valence-electron chi connectivity index (χ2n) is 5.72. The molecule has 0 radical (unpaired) electrons. The van der Waals surface area contributed by atoms with Gasteiger partial charge in [-0.05, 0) is 49.3 Å². The molecular formula is C14H16BrN3. The molecule has 0 spiro atoms. The van der Waals surface area contributed by atoms with Gasteiger partial charge >= 0.3 is 0 Å². The van der Waals surface area contributed by atoms with Crippen LogP contribution in [-0.2, 0) is 0 Å². The molecule has 1 aromatic carbocycles. The summed E-state index contributed by atoms with van der Waals surface area (Å²) in [4.78, 5) is 4.51. The summed E-state index contributed by atoms with van der Waals surface area (Å²) < 4.78 is 3.35. The number of nitrogen functional groups attached to an aromatic ring is 1. The van der Waals surface area contributed by atoms with Crippen LogP contribution in [0.3, 0.4) is 0 Å². The molecule has 2 aliphatic rings. The van der Waals surface area contributed by atoms with E-state index >= 15 is 0 Å². The first-order chi connectivity index (χ1) is 8.72. The Morgan fingerprint density at radius 3 is 2.89 bits per heavy atom. The summed E-state index contributed by atoms with van der Waals surface area (Å²) in [6, 6.07) is 6.84. The van der Waals surface area contributed by atoms with E-state index in [0.717, 1.165) is 21.8 Å². The fourth-order valence-corrected chi connectivity index (χ4v) is 4.32. The summed E-state index contributed by atoms with van der Waals surface area (Å²) in [5.74, 6) is 2.42. The number of hydrogen-bond acceptors (Lipinski definition) is 2. The van der Waals surface area contributed by atoms with E-state index in [1.54, 1.807) is 0 Å². The molecule has 2 fully saturated rings. The van der Waals surface area contributed by atoms with Gasteiger partial charge in [-0.25, -0.2) is 4.98 Å². The van der Waals surface area contributed by atoms with Crippen LogP contribution in [-0.4, -0.2) is 9.55 Å². The van der Waals surface area contributed by atoms with E-state index < -0.39 is 0 Å². The Morgan fingerprint density at radius 2 is 2.17 bits per heavy atom. The fourth-order valence-electron chi connectivity index (χ4n) is 3.97. The van der Waals surface area contributed by atoms with E-state index in [0.29, 0.717) is 12.0 Å². The number of aromatic nitrogens is 2. The zero-order chi connectivity index (χ0) is 12.3. The van der Waals surface area contributed by atoms with Gasteiger partial charge in [-0.3, -0.25) is 0 Å². The minimum Gasteiger partial charge on any atom is -0.369 e. The first-order valence-corrected chi connectivity index (χ1v) is 7.44. The van der Waals surface area contributed by atoms with Crippen LogP contribution in [0, 0.1) is 11.8 Å². The van der Waals surface area contributed by atoms with E-state index in [1.165, 1.54) is 31.2 Å². The normalized spacial score (nSPS) is 30.4. The number of halogens is 1. The van der Waals surface area contributed by atoms with Gasteiger partial charge in [-0.2, -0.15) is 0 Å². The molecule has 2 bridgehead atoms. The molecule has 3 unspecified atom stereocenters. The lowest BCUT2D eigenvalue weighted by molar-refractivity contribution is 0.339. The highest BCUT2D eigenvalue weighted by atomic mass is 79.9. The highest BCUT2D eigenvalue weighted by molar-refractivity contribution is 9.10. The van der Waals surface area contributed by atoms with Crippen LogP contribution >= 0.6 is 15.9 Å². The Kier molecular flexibility index (Phi) is 2.25. The second-order valence-corrected chi connectivity index (χ2v) is 6.63. The van der Waals surface area contributed by atoms with Crippen molar-refractivity contribution in [2.75, 3.05) is 5.73 Å². The molecule has 0 saturated heterocycles. The van der Waals surface area contributed by atoms with Crippen LogP contribution < -0.4 is 5.73 Å². The van der Waals surface area contributed by atoms with Gasteiger partial charge in [0.1, 0.15) is 0 Å². The molecule has 2 saturated carbocycles. The van der Waals surface area contributed by atoms with Crippen LogP contribution in [0.1, 0.15) is 31.7 Å². The second kappa shape index (κ2) is 3.73. The zero-order valence-corrected chi connectivity index (χ0v) is 11.7. The Bertz CT molecular complexity index is 619. The van der Waals surface area contributed by atoms with E-state index in [1.807, 2.05) is 0 Å². The lowest BCUT2D eigenvalue weighted by Gasteiger charge is -2.24. The van der Waals surface area contributed by atoms with Gasteiger partial charge in [0.05, 0.1) is 11.0 Å². The number of anilines is 1. The summed E-state index contributed by atoms with van der Waals surface area (Å²) in [5, 5.41) is 0. The minimum atomic E-state index is 0.579. The van der Waals surface area contributed by atoms with Crippen molar-refractivity contribution in [1.29, 1.82) is 0 Å². The molecule has 2 N–H and O–H groups in total. The molecule has 4 heteroatoms. The number of benzene rings is 1. The molecule has 1 heterocycles. The van der Waals surface area contributed by atoms with Crippen molar-refractivity contribution in [1.82, 2.24) is 9.55 Å². The third-order valence-corrected chi connectivity index (χ3v) is 5.20. The van der Waals surface area contributed by atoms with Crippen molar-refractivity contribution in [3.8, 4) is 0 Å². The van der Waals surface area contributed by atoms with E-state index in [4.69, 9.17) is 5.73 Å². The molecule has 3 nitrogen and oxygen atoms in total. The third-order valence-electron chi connectivity index (χ3n) is 4.71. The van der Waals surface area contributed by atoms with Crippen molar-refractivity contribution < 1.29 is 0 Å². The third kappa shape index (κ3) is 1.44. The predicted molar refractivity (Wildman–Crippen MR) is 76.3 cm³/mol. The highest BCUT2D eigenvalue weighted by Gasteiger charge is 2.41. The first-order valence-electron chi connectivity index (χ1n) is 6.65. The average Bonchev–Trinajstić information content (AvgIpc) is 3.00. The number of fused-ring (bicyclic) bond motifs is 3. The molecule has 0 amide bonds. The van der Waals surface area contributed by atoms with Crippen LogP contribution in [0.4, 0.5) is 5.95 Å². The molecule has 2 aliphatic carbocycles. The van der Waals surface area contributed by atoms with Gasteiger partial charge in [0, 0.05) is 10.5 Å². The Balaban J connectivity index is 1.87. The number of nitrogens with zero attached hydrogens (tertiary/aromatic N) is 2. The van der Waals surface area contributed by atoms with Crippen molar-refractivity contribution in [2.45, 2.75) is 31.7 Å². The number of nitrogens with two attached hydrogens (primary N) is 1. The summed E-state index contributed by atoms with van der Waals surface area (Å²) in [6.07, 6.45) is 5.46. The largest absolute Gasteiger partial charge is 0.369 e. The van der Waals surface area contributed by atoms with Gasteiger partial charge < -0.3 is 10.3 Å². The van der Waals surface area contributed by atoms with Gasteiger partial charge in [-0.1, -0.05) is 22.4 Å². The number of rotatable bonds is 1. The maximum atomic E-state index is 6.15. The molecular weight excluding hydrogens is 290 g/mol. The first kappa shape index (κ1) is 10.9. The molecule has 2 aromatic rings. The van der Waals surface area contributed by atoms with Crippen LogP contribution in [0.25, 0.3) is 11.0 Å². The zero-order valence-electron chi connectivity index (χ0n) is 10.1. The lowest BCUT2D eigenvalue weighted by atomic mass is 9.95. The van der Waals surface area contributed by atoms with Crippen molar-refractivity contribution >= 4 is 32.9 Å². The smallest absolute Gasteiger partial charge is 0.201 e. The topological polar surface area (TPSA) is 43.8 Å². The molecule has 0 aliphatic heterocycles. The quantitative estimate of drug-likeness (QED) is 0.872. The van der Waals surface area contributed by atoms with E-state index in [-0.39, 0.29) is 0 Å². The molecule has 94 valence electrons. The number of hydrogen-bond donors (Lipinski definition) is 1. The Morgan fingerprint density at radius 1 is 1.28 bits per heavy atom. The van der Waals surface area contributed by atoms with Gasteiger partial charge in [0.25, 0.3) is 0 Å². The van der Waals surface area contributed by atoms with Gasteiger partial charge in [-0.15, -0.1) is 0 Å². The monoisotopic (exact) mass is 305 g/mol. The van der Waals surface area contributed by atoms with Crippen LogP contribution in [0.2, 0.25) is 0 Å². The fraction of sp³-hybridized carbons (Fsp3) is 0.500. The summed E-state index contributed by atoms with van der Waals surface area (Å²) in [7, 11) is 0. The van der Waals surface area contributed by atoms with Crippen LogP contribution in [0.5, 0.6) is 0 Å². The Hall–Kier alpha value is -1.03. The summed E-state index contributed by atoms with van der Waals surface area (Å²) >= 11 is 3.49.